The van der Waals surface area contributed by atoms with E-state index in [-0.39, 0.29) is 11.2 Å². The molecule has 0 bridgehead atoms. The first kappa shape index (κ1) is 16.7. The third-order valence-electron chi connectivity index (χ3n) is 4.26. The van der Waals surface area contributed by atoms with Crippen LogP contribution in [-0.4, -0.2) is 9.78 Å². The van der Waals surface area contributed by atoms with Crippen molar-refractivity contribution < 1.29 is 4.39 Å². The highest BCUT2D eigenvalue weighted by Gasteiger charge is 2.22. The summed E-state index contributed by atoms with van der Waals surface area (Å²) in [5.74, 6) is 0.624. The molecular weight excluding hydrogens is 301 g/mol. The van der Waals surface area contributed by atoms with Gasteiger partial charge in [0.05, 0.1) is 0 Å². The zero-order valence-corrected chi connectivity index (χ0v) is 14.8. The van der Waals surface area contributed by atoms with Gasteiger partial charge in [-0.2, -0.15) is 5.10 Å². The number of anilines is 1. The van der Waals surface area contributed by atoms with Crippen molar-refractivity contribution in [3.8, 4) is 11.1 Å². The quantitative estimate of drug-likeness (QED) is 0.816. The molecule has 1 aliphatic rings. The van der Waals surface area contributed by atoms with Crippen molar-refractivity contribution in [2.75, 3.05) is 5.32 Å². The number of nitrogens with zero attached hydrogens (tertiary/aromatic N) is 2. The molecule has 1 N–H and O–H groups in total. The van der Waals surface area contributed by atoms with E-state index in [4.69, 9.17) is 5.10 Å². The SMILES string of the molecule is C=C(CC(C)(C)C)Nc1nn2c(c1-c1ccc(F)cc1)CCCC2. The third-order valence-corrected chi connectivity index (χ3v) is 4.26. The fraction of sp³-hybridized carbons (Fsp3) is 0.450. The Morgan fingerprint density at radius 2 is 1.96 bits per heavy atom. The van der Waals surface area contributed by atoms with Crippen LogP contribution in [0.3, 0.4) is 0 Å². The molecule has 4 heteroatoms. The highest BCUT2D eigenvalue weighted by molar-refractivity contribution is 5.79. The monoisotopic (exact) mass is 327 g/mol. The van der Waals surface area contributed by atoms with Crippen molar-refractivity contribution in [1.29, 1.82) is 0 Å². The van der Waals surface area contributed by atoms with E-state index in [1.807, 2.05) is 12.1 Å². The van der Waals surface area contributed by atoms with Crippen LogP contribution in [-0.2, 0) is 13.0 Å². The molecule has 0 aliphatic carbocycles. The number of benzene rings is 1. The molecule has 1 aliphatic heterocycles. The normalized spacial score (nSPS) is 14.3. The van der Waals surface area contributed by atoms with Gasteiger partial charge in [-0.25, -0.2) is 4.39 Å². The van der Waals surface area contributed by atoms with Gasteiger partial charge in [0.1, 0.15) is 5.82 Å². The van der Waals surface area contributed by atoms with Gasteiger partial charge in [-0.05, 0) is 48.8 Å². The van der Waals surface area contributed by atoms with E-state index in [1.54, 1.807) is 0 Å². The van der Waals surface area contributed by atoms with Crippen molar-refractivity contribution in [3.05, 3.63) is 48.1 Å². The number of rotatable bonds is 4. The van der Waals surface area contributed by atoms with Crippen molar-refractivity contribution in [1.82, 2.24) is 9.78 Å². The molecule has 1 aromatic carbocycles. The Bertz CT molecular complexity index is 735. The Kier molecular flexibility index (Phi) is 4.48. The summed E-state index contributed by atoms with van der Waals surface area (Å²) in [5.41, 5.74) is 4.45. The number of fused-ring (bicyclic) bond motifs is 1. The first-order valence-electron chi connectivity index (χ1n) is 8.64. The molecule has 0 amide bonds. The minimum absolute atomic E-state index is 0.166. The fourth-order valence-corrected chi connectivity index (χ4v) is 3.35. The van der Waals surface area contributed by atoms with Crippen LogP contribution in [0.15, 0.2) is 36.5 Å². The van der Waals surface area contributed by atoms with Gasteiger partial charge in [0, 0.05) is 23.5 Å². The predicted molar refractivity (Wildman–Crippen MR) is 97.4 cm³/mol. The molecule has 0 fully saturated rings. The van der Waals surface area contributed by atoms with E-state index in [2.05, 4.69) is 37.3 Å². The molecule has 2 heterocycles. The van der Waals surface area contributed by atoms with Crippen LogP contribution >= 0.6 is 0 Å². The van der Waals surface area contributed by atoms with Crippen molar-refractivity contribution in [2.45, 2.75) is 53.0 Å². The third kappa shape index (κ3) is 3.69. The lowest BCUT2D eigenvalue weighted by atomic mass is 9.91. The van der Waals surface area contributed by atoms with Crippen LogP contribution in [0.1, 0.15) is 45.7 Å². The highest BCUT2D eigenvalue weighted by atomic mass is 19.1. The second kappa shape index (κ2) is 6.42. The Morgan fingerprint density at radius 1 is 1.25 bits per heavy atom. The van der Waals surface area contributed by atoms with E-state index in [9.17, 15) is 4.39 Å². The minimum atomic E-state index is -0.216. The second-order valence-electron chi connectivity index (χ2n) is 7.82. The second-order valence-corrected chi connectivity index (χ2v) is 7.82. The first-order valence-corrected chi connectivity index (χ1v) is 8.64. The Labute approximate surface area is 143 Å². The van der Waals surface area contributed by atoms with Gasteiger partial charge in [-0.1, -0.05) is 39.5 Å². The molecule has 0 saturated heterocycles. The van der Waals surface area contributed by atoms with Gasteiger partial charge >= 0.3 is 0 Å². The lowest BCUT2D eigenvalue weighted by Gasteiger charge is -2.20. The van der Waals surface area contributed by atoms with Crippen LogP contribution in [0.4, 0.5) is 10.2 Å². The summed E-state index contributed by atoms with van der Waals surface area (Å²) < 4.78 is 15.4. The Morgan fingerprint density at radius 3 is 2.62 bits per heavy atom. The van der Waals surface area contributed by atoms with Crippen LogP contribution < -0.4 is 5.32 Å². The molecule has 3 nitrogen and oxygen atoms in total. The van der Waals surface area contributed by atoms with Gasteiger partial charge in [-0.3, -0.25) is 4.68 Å². The molecule has 2 aromatic rings. The van der Waals surface area contributed by atoms with Gasteiger partial charge in [0.15, 0.2) is 5.82 Å². The number of hydrogen-bond acceptors (Lipinski definition) is 2. The topological polar surface area (TPSA) is 29.9 Å². The van der Waals surface area contributed by atoms with Crippen molar-refractivity contribution in [3.63, 3.8) is 0 Å². The minimum Gasteiger partial charge on any atom is -0.342 e. The summed E-state index contributed by atoms with van der Waals surface area (Å²) >= 11 is 0. The summed E-state index contributed by atoms with van der Waals surface area (Å²) in [6.45, 7) is 11.7. The van der Waals surface area contributed by atoms with E-state index < -0.39 is 0 Å². The van der Waals surface area contributed by atoms with Crippen LogP contribution in [0.2, 0.25) is 0 Å². The first-order chi connectivity index (χ1) is 11.3. The molecule has 0 unspecified atom stereocenters. The van der Waals surface area contributed by atoms with Gasteiger partial charge in [0.25, 0.3) is 0 Å². The number of halogens is 1. The smallest absolute Gasteiger partial charge is 0.160 e. The van der Waals surface area contributed by atoms with Crippen molar-refractivity contribution in [2.24, 2.45) is 5.41 Å². The number of hydrogen-bond donors (Lipinski definition) is 1. The molecule has 1 aromatic heterocycles. The molecule has 0 radical (unpaired) electrons. The summed E-state index contributed by atoms with van der Waals surface area (Å²) in [6.07, 6.45) is 4.20. The molecule has 0 atom stereocenters. The zero-order valence-electron chi connectivity index (χ0n) is 14.8. The Balaban J connectivity index is 1.98. The molecule has 128 valence electrons. The van der Waals surface area contributed by atoms with Crippen LogP contribution in [0, 0.1) is 11.2 Å². The van der Waals surface area contributed by atoms with Gasteiger partial charge in [-0.15, -0.1) is 0 Å². The lowest BCUT2D eigenvalue weighted by Crippen LogP contribution is -2.12. The van der Waals surface area contributed by atoms with E-state index >= 15 is 0 Å². The van der Waals surface area contributed by atoms with Crippen molar-refractivity contribution >= 4 is 5.82 Å². The van der Waals surface area contributed by atoms with E-state index in [0.717, 1.165) is 48.4 Å². The number of nitrogens with one attached hydrogen (secondary N) is 1. The maximum Gasteiger partial charge on any atom is 0.160 e. The number of aromatic nitrogens is 2. The maximum absolute atomic E-state index is 13.3. The standard InChI is InChI=1S/C20H26FN3/c1-14(13-20(2,3)4)22-19-18(15-8-10-16(21)11-9-15)17-7-5-6-12-24(17)23-19/h8-11H,1,5-7,12-13H2,2-4H3,(H,22,23). The molecule has 24 heavy (non-hydrogen) atoms. The summed E-state index contributed by atoms with van der Waals surface area (Å²) in [4.78, 5) is 0. The Hall–Kier alpha value is -2.10. The number of allylic oxidation sites excluding steroid dienone is 1. The zero-order chi connectivity index (χ0) is 17.3. The summed E-state index contributed by atoms with van der Waals surface area (Å²) in [6, 6.07) is 6.69. The molecule has 3 rings (SSSR count). The van der Waals surface area contributed by atoms with Crippen LogP contribution in [0.25, 0.3) is 11.1 Å². The fourth-order valence-electron chi connectivity index (χ4n) is 3.35. The predicted octanol–water partition coefficient (Wildman–Crippen LogP) is 5.39. The molecular formula is C20H26FN3. The largest absolute Gasteiger partial charge is 0.342 e. The average Bonchev–Trinajstić information content (AvgIpc) is 2.84. The molecule has 0 saturated carbocycles. The summed E-state index contributed by atoms with van der Waals surface area (Å²) in [5, 5.41) is 8.19. The maximum atomic E-state index is 13.3. The molecule has 0 spiro atoms. The van der Waals surface area contributed by atoms with E-state index in [1.165, 1.54) is 24.2 Å². The van der Waals surface area contributed by atoms with Crippen LogP contribution in [0.5, 0.6) is 0 Å². The van der Waals surface area contributed by atoms with Gasteiger partial charge in [0.2, 0.25) is 0 Å². The highest BCUT2D eigenvalue weighted by Crippen LogP contribution is 2.36. The number of aryl methyl sites for hydroxylation is 1. The lowest BCUT2D eigenvalue weighted by molar-refractivity contribution is 0.411. The summed E-state index contributed by atoms with van der Waals surface area (Å²) in [7, 11) is 0. The van der Waals surface area contributed by atoms with E-state index in [0.29, 0.717) is 0 Å². The average molecular weight is 327 g/mol. The van der Waals surface area contributed by atoms with Gasteiger partial charge < -0.3 is 5.32 Å².